The molecule has 0 fully saturated rings. The van der Waals surface area contributed by atoms with Gasteiger partial charge >= 0.3 is 5.97 Å². The van der Waals surface area contributed by atoms with Gasteiger partial charge in [0.2, 0.25) is 0 Å². The lowest BCUT2D eigenvalue weighted by Gasteiger charge is -2.05. The van der Waals surface area contributed by atoms with Crippen molar-refractivity contribution >= 4 is 17.3 Å². The highest BCUT2D eigenvalue weighted by molar-refractivity contribution is 7.13. The maximum atomic E-state index is 12.9. The summed E-state index contributed by atoms with van der Waals surface area (Å²) in [6.07, 6.45) is 0.119. The van der Waals surface area contributed by atoms with Crippen LogP contribution in [0, 0.1) is 5.82 Å². The standard InChI is InChI=1S/C21H20FNO2S/c1-14(2)16-5-7-17(8-6-16)21-23-19(13-26-21)12-25-20(24)11-15-3-9-18(22)10-4-15/h3-10,13-14H,11-12H2,1-2H3. The van der Waals surface area contributed by atoms with E-state index >= 15 is 0 Å². The first kappa shape index (κ1) is 18.3. The number of hydrogen-bond donors (Lipinski definition) is 0. The molecule has 0 aliphatic carbocycles. The van der Waals surface area contributed by atoms with E-state index in [4.69, 9.17) is 4.74 Å². The third-order valence-electron chi connectivity index (χ3n) is 4.02. The maximum Gasteiger partial charge on any atom is 0.310 e. The predicted molar refractivity (Wildman–Crippen MR) is 102 cm³/mol. The van der Waals surface area contributed by atoms with Crippen LogP contribution in [0.25, 0.3) is 10.6 Å². The molecule has 5 heteroatoms. The van der Waals surface area contributed by atoms with Crippen molar-refractivity contribution in [3.63, 3.8) is 0 Å². The molecule has 0 radical (unpaired) electrons. The summed E-state index contributed by atoms with van der Waals surface area (Å²) in [5.41, 5.74) is 3.80. The van der Waals surface area contributed by atoms with Crippen LogP contribution in [0.5, 0.6) is 0 Å². The van der Waals surface area contributed by atoms with Crippen LogP contribution in [-0.4, -0.2) is 11.0 Å². The van der Waals surface area contributed by atoms with E-state index in [1.807, 2.05) is 5.38 Å². The van der Waals surface area contributed by atoms with Crippen molar-refractivity contribution in [2.24, 2.45) is 0 Å². The van der Waals surface area contributed by atoms with Crippen molar-refractivity contribution in [1.82, 2.24) is 4.98 Å². The van der Waals surface area contributed by atoms with Crippen LogP contribution < -0.4 is 0 Å². The number of hydrogen-bond acceptors (Lipinski definition) is 4. The van der Waals surface area contributed by atoms with E-state index in [-0.39, 0.29) is 24.8 Å². The van der Waals surface area contributed by atoms with Crippen molar-refractivity contribution < 1.29 is 13.9 Å². The Kier molecular flexibility index (Phi) is 5.78. The zero-order valence-electron chi connectivity index (χ0n) is 14.7. The van der Waals surface area contributed by atoms with Gasteiger partial charge < -0.3 is 4.74 Å². The number of benzene rings is 2. The molecule has 3 nitrogen and oxygen atoms in total. The van der Waals surface area contributed by atoms with Crippen LogP contribution in [0.1, 0.15) is 36.6 Å². The highest BCUT2D eigenvalue weighted by Gasteiger charge is 2.09. The first-order chi connectivity index (χ1) is 12.5. The normalized spacial score (nSPS) is 10.9. The molecule has 0 spiro atoms. The average Bonchev–Trinajstić information content (AvgIpc) is 3.11. The van der Waals surface area contributed by atoms with E-state index in [1.54, 1.807) is 12.1 Å². The Balaban J connectivity index is 1.56. The molecule has 1 heterocycles. The Morgan fingerprint density at radius 2 is 1.81 bits per heavy atom. The topological polar surface area (TPSA) is 39.2 Å². The molecular formula is C21H20FNO2S. The second-order valence-electron chi connectivity index (χ2n) is 6.38. The average molecular weight is 369 g/mol. The van der Waals surface area contributed by atoms with Crippen molar-refractivity contribution in [1.29, 1.82) is 0 Å². The van der Waals surface area contributed by atoms with E-state index in [1.165, 1.54) is 29.0 Å². The van der Waals surface area contributed by atoms with E-state index in [9.17, 15) is 9.18 Å². The van der Waals surface area contributed by atoms with E-state index in [0.29, 0.717) is 5.92 Å². The molecule has 0 amide bonds. The van der Waals surface area contributed by atoms with Gasteiger partial charge in [-0.1, -0.05) is 50.2 Å². The van der Waals surface area contributed by atoms with Gasteiger partial charge in [-0.3, -0.25) is 4.79 Å². The minimum atomic E-state index is -0.354. The molecule has 0 saturated carbocycles. The Morgan fingerprint density at radius 3 is 2.46 bits per heavy atom. The van der Waals surface area contributed by atoms with Gasteiger partial charge in [0.25, 0.3) is 0 Å². The van der Waals surface area contributed by atoms with Gasteiger partial charge in [-0.2, -0.15) is 0 Å². The summed E-state index contributed by atoms with van der Waals surface area (Å²) in [4.78, 5) is 16.4. The van der Waals surface area contributed by atoms with Crippen LogP contribution in [-0.2, 0) is 22.6 Å². The first-order valence-electron chi connectivity index (χ1n) is 8.46. The van der Waals surface area contributed by atoms with Crippen LogP contribution >= 0.6 is 11.3 Å². The molecule has 26 heavy (non-hydrogen) atoms. The number of carbonyl (C=O) groups is 1. The largest absolute Gasteiger partial charge is 0.459 e. The molecule has 2 aromatic carbocycles. The van der Waals surface area contributed by atoms with Crippen LogP contribution in [0.3, 0.4) is 0 Å². The fourth-order valence-electron chi connectivity index (χ4n) is 2.49. The van der Waals surface area contributed by atoms with Gasteiger partial charge in [-0.05, 0) is 29.2 Å². The number of carbonyl (C=O) groups excluding carboxylic acids is 1. The molecular weight excluding hydrogens is 349 g/mol. The number of ether oxygens (including phenoxy) is 1. The molecule has 0 bridgehead atoms. The van der Waals surface area contributed by atoms with E-state index in [0.717, 1.165) is 21.8 Å². The lowest BCUT2D eigenvalue weighted by Crippen LogP contribution is -2.08. The second-order valence-corrected chi connectivity index (χ2v) is 7.24. The molecule has 1 aromatic heterocycles. The van der Waals surface area contributed by atoms with Gasteiger partial charge in [0.05, 0.1) is 12.1 Å². The molecule has 0 unspecified atom stereocenters. The molecule has 3 rings (SSSR count). The Morgan fingerprint density at radius 1 is 1.12 bits per heavy atom. The van der Waals surface area contributed by atoms with E-state index < -0.39 is 0 Å². The van der Waals surface area contributed by atoms with Gasteiger partial charge in [-0.15, -0.1) is 11.3 Å². The third-order valence-corrected chi connectivity index (χ3v) is 4.96. The summed E-state index contributed by atoms with van der Waals surface area (Å²) >= 11 is 1.53. The zero-order chi connectivity index (χ0) is 18.5. The van der Waals surface area contributed by atoms with E-state index in [2.05, 4.69) is 43.1 Å². The molecule has 0 aliphatic heterocycles. The first-order valence-corrected chi connectivity index (χ1v) is 9.34. The summed E-state index contributed by atoms with van der Waals surface area (Å²) < 4.78 is 18.1. The molecule has 3 aromatic rings. The molecule has 0 aliphatic rings. The van der Waals surface area contributed by atoms with Gasteiger partial charge in [0, 0.05) is 10.9 Å². The number of esters is 1. The summed E-state index contributed by atoms with van der Waals surface area (Å²) in [6, 6.07) is 14.2. The van der Waals surface area contributed by atoms with Crippen molar-refractivity contribution in [2.45, 2.75) is 32.8 Å². The van der Waals surface area contributed by atoms with Gasteiger partial charge in [0.1, 0.15) is 17.4 Å². The molecule has 0 N–H and O–H groups in total. The smallest absolute Gasteiger partial charge is 0.310 e. The molecule has 0 atom stereocenters. The van der Waals surface area contributed by atoms with Crippen molar-refractivity contribution in [3.05, 3.63) is 76.5 Å². The van der Waals surface area contributed by atoms with Crippen molar-refractivity contribution in [3.8, 4) is 10.6 Å². The quantitative estimate of drug-likeness (QED) is 0.549. The minimum Gasteiger partial charge on any atom is -0.459 e. The maximum absolute atomic E-state index is 12.9. The van der Waals surface area contributed by atoms with Crippen LogP contribution in [0.4, 0.5) is 4.39 Å². The number of aromatic nitrogens is 1. The highest BCUT2D eigenvalue weighted by atomic mass is 32.1. The Labute approximate surface area is 156 Å². The SMILES string of the molecule is CC(C)c1ccc(-c2nc(COC(=O)Cc3ccc(F)cc3)cs2)cc1. The molecule has 0 saturated heterocycles. The number of thiazole rings is 1. The number of nitrogens with zero attached hydrogens (tertiary/aromatic N) is 1. The summed E-state index contributed by atoms with van der Waals surface area (Å²) in [5, 5.41) is 2.81. The monoisotopic (exact) mass is 369 g/mol. The lowest BCUT2D eigenvalue weighted by molar-refractivity contribution is -0.144. The number of halogens is 1. The fourth-order valence-corrected chi connectivity index (χ4v) is 3.30. The predicted octanol–water partition coefficient (Wildman–Crippen LogP) is 5.36. The lowest BCUT2D eigenvalue weighted by atomic mass is 10.0. The summed E-state index contributed by atoms with van der Waals surface area (Å²) in [5.74, 6) is -0.178. The van der Waals surface area contributed by atoms with Gasteiger partial charge in [0.15, 0.2) is 0 Å². The van der Waals surface area contributed by atoms with Crippen LogP contribution in [0.2, 0.25) is 0 Å². The Hall–Kier alpha value is -2.53. The summed E-state index contributed by atoms with van der Waals surface area (Å²) in [7, 11) is 0. The highest BCUT2D eigenvalue weighted by Crippen LogP contribution is 2.26. The Bertz CT molecular complexity index is 870. The third kappa shape index (κ3) is 4.76. The number of rotatable bonds is 6. The van der Waals surface area contributed by atoms with Crippen LogP contribution in [0.15, 0.2) is 53.9 Å². The molecule has 134 valence electrons. The second kappa shape index (κ2) is 8.23. The van der Waals surface area contributed by atoms with Gasteiger partial charge in [-0.25, -0.2) is 9.37 Å². The zero-order valence-corrected chi connectivity index (χ0v) is 15.6. The van der Waals surface area contributed by atoms with Crippen molar-refractivity contribution in [2.75, 3.05) is 0 Å². The minimum absolute atomic E-state index is 0.119. The fraction of sp³-hybridized carbons (Fsp3) is 0.238. The summed E-state index contributed by atoms with van der Waals surface area (Å²) in [6.45, 7) is 4.47.